The molecular weight excluding hydrogens is 396 g/mol. The molecule has 1 aromatic carbocycles. The van der Waals surface area contributed by atoms with Crippen molar-refractivity contribution in [1.82, 2.24) is 0 Å². The minimum absolute atomic E-state index is 0.00751. The highest BCUT2D eigenvalue weighted by molar-refractivity contribution is 5.95. The zero-order valence-corrected chi connectivity index (χ0v) is 19.1. The molecule has 1 aliphatic carbocycles. The smallest absolute Gasteiger partial charge is 0.342 e. The summed E-state index contributed by atoms with van der Waals surface area (Å²) in [5.41, 5.74) is 2.13. The molecule has 31 heavy (non-hydrogen) atoms. The van der Waals surface area contributed by atoms with Crippen molar-refractivity contribution in [1.29, 1.82) is 0 Å². The number of rotatable bonds is 9. The Morgan fingerprint density at radius 2 is 2.03 bits per heavy atom. The Balaban J connectivity index is 0.00000151. The van der Waals surface area contributed by atoms with E-state index in [2.05, 4.69) is 13.5 Å². The van der Waals surface area contributed by atoms with Crippen LogP contribution in [-0.4, -0.2) is 45.7 Å². The summed E-state index contributed by atoms with van der Waals surface area (Å²) in [4.78, 5) is 12.7. The summed E-state index contributed by atoms with van der Waals surface area (Å²) >= 11 is 0. The Labute approximate surface area is 185 Å². The first-order valence-electron chi connectivity index (χ1n) is 11.1. The molecule has 0 radical (unpaired) electrons. The zero-order valence-electron chi connectivity index (χ0n) is 19.1. The maximum atomic E-state index is 12.7. The first-order valence-corrected chi connectivity index (χ1v) is 11.1. The third kappa shape index (κ3) is 8.04. The average Bonchev–Trinajstić information content (AvgIpc) is 2.72. The van der Waals surface area contributed by atoms with E-state index < -0.39 is 18.7 Å². The highest BCUT2D eigenvalue weighted by atomic mass is 16.5. The second-order valence-electron chi connectivity index (χ2n) is 8.00. The van der Waals surface area contributed by atoms with Crippen molar-refractivity contribution in [3.8, 4) is 11.5 Å². The van der Waals surface area contributed by atoms with Crippen LogP contribution in [0.25, 0.3) is 0 Å². The number of phenols is 2. The van der Waals surface area contributed by atoms with Crippen molar-refractivity contribution in [2.75, 3.05) is 13.2 Å². The molecule has 0 saturated carbocycles. The van der Waals surface area contributed by atoms with E-state index in [1.165, 1.54) is 5.57 Å². The number of phenolic OH excluding ortho intramolecular Hbond substituents is 2. The number of ether oxygens (including phenoxy) is 1. The standard InChI is InChI=1S/C22H32O6.C3H6/c1-3-4-5-8-16-11-18(25)19(15-9-6-7-14(2)10-15)21(26)20(16)22(27)28-13-17(24)12-23;1-3-2/h10-11,15,17,23-26H,3-9,12-13H2,1-2H3;3H,1H2,2H3. The summed E-state index contributed by atoms with van der Waals surface area (Å²) in [6.45, 7) is 8.46. The summed E-state index contributed by atoms with van der Waals surface area (Å²) in [6, 6.07) is 1.56. The molecule has 2 unspecified atom stereocenters. The minimum atomic E-state index is -1.17. The normalized spacial score (nSPS) is 16.5. The summed E-state index contributed by atoms with van der Waals surface area (Å²) in [5.74, 6) is -1.17. The van der Waals surface area contributed by atoms with Gasteiger partial charge in [0.05, 0.1) is 6.61 Å². The Bertz CT molecular complexity index is 753. The summed E-state index contributed by atoms with van der Waals surface area (Å²) in [5, 5.41) is 39.9. The van der Waals surface area contributed by atoms with Crippen LogP contribution in [0.5, 0.6) is 11.5 Å². The number of aliphatic hydroxyl groups is 2. The quantitative estimate of drug-likeness (QED) is 0.254. The molecule has 0 aromatic heterocycles. The Morgan fingerprint density at radius 3 is 2.61 bits per heavy atom. The lowest BCUT2D eigenvalue weighted by Crippen LogP contribution is -2.22. The number of aromatic hydroxyl groups is 2. The van der Waals surface area contributed by atoms with Crippen LogP contribution >= 0.6 is 0 Å². The topological polar surface area (TPSA) is 107 Å². The van der Waals surface area contributed by atoms with Gasteiger partial charge in [0.15, 0.2) is 0 Å². The van der Waals surface area contributed by atoms with E-state index in [1.807, 2.05) is 19.9 Å². The molecule has 1 aromatic rings. The summed E-state index contributed by atoms with van der Waals surface area (Å²) in [7, 11) is 0. The van der Waals surface area contributed by atoms with Crippen LogP contribution in [0.2, 0.25) is 0 Å². The predicted molar refractivity (Wildman–Crippen MR) is 123 cm³/mol. The van der Waals surface area contributed by atoms with E-state index in [-0.39, 0.29) is 29.6 Å². The predicted octanol–water partition coefficient (Wildman–Crippen LogP) is 4.75. The van der Waals surface area contributed by atoms with Crippen LogP contribution in [0.4, 0.5) is 0 Å². The van der Waals surface area contributed by atoms with Crippen LogP contribution in [0.3, 0.4) is 0 Å². The first-order chi connectivity index (χ1) is 14.8. The van der Waals surface area contributed by atoms with Crippen molar-refractivity contribution < 1.29 is 30.0 Å². The van der Waals surface area contributed by atoms with E-state index in [0.717, 1.165) is 38.5 Å². The van der Waals surface area contributed by atoms with Gasteiger partial charge < -0.3 is 25.2 Å². The van der Waals surface area contributed by atoms with E-state index >= 15 is 0 Å². The molecule has 1 aliphatic rings. The molecule has 0 amide bonds. The molecule has 2 rings (SSSR count). The molecule has 0 spiro atoms. The average molecular weight is 435 g/mol. The molecule has 6 heteroatoms. The van der Waals surface area contributed by atoms with E-state index in [1.54, 1.807) is 12.1 Å². The molecule has 6 nitrogen and oxygen atoms in total. The lowest BCUT2D eigenvalue weighted by molar-refractivity contribution is 0.00902. The number of carbonyl (C=O) groups excluding carboxylic acids is 1. The SMILES string of the molecule is C=CC.CCCCCc1cc(O)c(C2C=C(C)CCC2)c(O)c1C(=O)OCC(O)CO. The number of aryl methyl sites for hydroxylation is 1. The second-order valence-corrected chi connectivity index (χ2v) is 8.00. The van der Waals surface area contributed by atoms with Gasteiger partial charge in [-0.2, -0.15) is 0 Å². The highest BCUT2D eigenvalue weighted by Gasteiger charge is 2.28. The molecular formula is C25H38O6. The van der Waals surface area contributed by atoms with Crippen molar-refractivity contribution in [2.24, 2.45) is 0 Å². The van der Waals surface area contributed by atoms with Gasteiger partial charge in [0.1, 0.15) is 29.8 Å². The van der Waals surface area contributed by atoms with Gasteiger partial charge in [-0.3, -0.25) is 0 Å². The lowest BCUT2D eigenvalue weighted by Gasteiger charge is -2.24. The van der Waals surface area contributed by atoms with E-state index in [4.69, 9.17) is 9.84 Å². The fourth-order valence-corrected chi connectivity index (χ4v) is 3.71. The number of hydrogen-bond acceptors (Lipinski definition) is 6. The van der Waals surface area contributed by atoms with Gasteiger partial charge in [-0.15, -0.1) is 6.58 Å². The second kappa shape index (κ2) is 13.9. The van der Waals surface area contributed by atoms with Crippen molar-refractivity contribution in [3.63, 3.8) is 0 Å². The first kappa shape index (κ1) is 26.7. The molecule has 0 fully saturated rings. The van der Waals surface area contributed by atoms with Crippen LogP contribution in [0.15, 0.2) is 30.4 Å². The number of unbranched alkanes of at least 4 members (excludes halogenated alkanes) is 2. The molecule has 4 N–H and O–H groups in total. The number of aliphatic hydroxyl groups excluding tert-OH is 2. The molecule has 2 atom stereocenters. The third-order valence-corrected chi connectivity index (χ3v) is 5.21. The molecule has 174 valence electrons. The fraction of sp³-hybridized carbons (Fsp3) is 0.560. The third-order valence-electron chi connectivity index (χ3n) is 5.21. The Hall–Kier alpha value is -2.31. The van der Waals surface area contributed by atoms with Crippen molar-refractivity contribution in [2.45, 2.75) is 77.7 Å². The van der Waals surface area contributed by atoms with Crippen LogP contribution in [0.1, 0.15) is 86.7 Å². The zero-order chi connectivity index (χ0) is 23.4. The largest absolute Gasteiger partial charge is 0.507 e. The van der Waals surface area contributed by atoms with Crippen LogP contribution in [-0.2, 0) is 11.2 Å². The number of allylic oxidation sites excluding steroid dienone is 3. The van der Waals surface area contributed by atoms with Gasteiger partial charge in [-0.25, -0.2) is 4.79 Å². The number of esters is 1. The van der Waals surface area contributed by atoms with Crippen molar-refractivity contribution in [3.05, 3.63) is 47.1 Å². The van der Waals surface area contributed by atoms with E-state index in [9.17, 15) is 20.1 Å². The molecule has 0 heterocycles. The van der Waals surface area contributed by atoms with Gasteiger partial charge in [-0.05, 0) is 57.6 Å². The van der Waals surface area contributed by atoms with Gasteiger partial charge >= 0.3 is 5.97 Å². The highest BCUT2D eigenvalue weighted by Crippen LogP contribution is 2.44. The lowest BCUT2D eigenvalue weighted by atomic mass is 9.83. The van der Waals surface area contributed by atoms with Crippen LogP contribution in [0, 0.1) is 0 Å². The van der Waals surface area contributed by atoms with Crippen LogP contribution < -0.4 is 0 Å². The Morgan fingerprint density at radius 1 is 1.35 bits per heavy atom. The molecule has 0 saturated heterocycles. The molecule has 0 aliphatic heterocycles. The maximum Gasteiger partial charge on any atom is 0.342 e. The van der Waals surface area contributed by atoms with Gasteiger partial charge in [0, 0.05) is 11.5 Å². The molecule has 0 bridgehead atoms. The summed E-state index contributed by atoms with van der Waals surface area (Å²) < 4.78 is 5.11. The minimum Gasteiger partial charge on any atom is -0.507 e. The number of carbonyl (C=O) groups is 1. The summed E-state index contributed by atoms with van der Waals surface area (Å²) in [6.07, 6.45) is 8.64. The Kier molecular flexibility index (Phi) is 12.0. The van der Waals surface area contributed by atoms with Gasteiger partial charge in [0.2, 0.25) is 0 Å². The van der Waals surface area contributed by atoms with E-state index in [0.29, 0.717) is 17.5 Å². The maximum absolute atomic E-state index is 12.7. The number of benzene rings is 1. The van der Waals surface area contributed by atoms with Gasteiger partial charge in [0.25, 0.3) is 0 Å². The fourth-order valence-electron chi connectivity index (χ4n) is 3.71. The number of hydrogen-bond donors (Lipinski definition) is 4. The van der Waals surface area contributed by atoms with Crippen molar-refractivity contribution >= 4 is 5.97 Å². The monoisotopic (exact) mass is 434 g/mol. The van der Waals surface area contributed by atoms with Gasteiger partial charge in [-0.1, -0.05) is 37.5 Å².